The smallest absolute Gasteiger partial charge is 0.458 e. The fraction of sp³-hybridized carbons (Fsp3) is 0.429. The van der Waals surface area contributed by atoms with Crippen LogP contribution in [0.15, 0.2) is 17.0 Å². The molecule has 0 radical (unpaired) electrons. The van der Waals surface area contributed by atoms with Crippen molar-refractivity contribution in [2.45, 2.75) is 38.3 Å². The molecule has 0 saturated carbocycles. The van der Waals surface area contributed by atoms with Crippen molar-refractivity contribution in [2.24, 2.45) is 0 Å². The van der Waals surface area contributed by atoms with E-state index in [1.165, 1.54) is 0 Å². The molecule has 140 valence electrons. The summed E-state index contributed by atoms with van der Waals surface area (Å²) >= 11 is 0. The van der Waals surface area contributed by atoms with E-state index in [1.54, 1.807) is 37.8 Å². The summed E-state index contributed by atoms with van der Waals surface area (Å²) in [5, 5.41) is 0. The molecule has 0 amide bonds. The highest BCUT2D eigenvalue weighted by atomic mass is 32.2. The van der Waals surface area contributed by atoms with Gasteiger partial charge in [0.15, 0.2) is 0 Å². The molecule has 0 aliphatic carbocycles. The van der Waals surface area contributed by atoms with Gasteiger partial charge in [0.25, 0.3) is 10.0 Å². The fourth-order valence-corrected chi connectivity index (χ4v) is 3.35. The van der Waals surface area contributed by atoms with Gasteiger partial charge in [-0.2, -0.15) is 13.2 Å². The Balaban J connectivity index is 2.63. The van der Waals surface area contributed by atoms with E-state index < -0.39 is 41.2 Å². The molecule has 0 saturated heterocycles. The zero-order valence-corrected chi connectivity index (χ0v) is 14.4. The number of alkyl halides is 3. The minimum Gasteiger partial charge on any atom is -0.458 e. The number of carbonyl (C=O) groups is 2. The van der Waals surface area contributed by atoms with Gasteiger partial charge in [0.1, 0.15) is 6.61 Å². The summed E-state index contributed by atoms with van der Waals surface area (Å²) in [5.74, 6) is -3.66. The molecular formula is C14H16F3NO6S. The van der Waals surface area contributed by atoms with E-state index in [1.807, 2.05) is 0 Å². The van der Waals surface area contributed by atoms with Crippen molar-refractivity contribution in [1.82, 2.24) is 4.89 Å². The van der Waals surface area contributed by atoms with Gasteiger partial charge in [-0.15, -0.1) is 0 Å². The molecule has 7 nitrogen and oxygen atoms in total. The van der Waals surface area contributed by atoms with Crippen LogP contribution in [0.25, 0.3) is 0 Å². The summed E-state index contributed by atoms with van der Waals surface area (Å²) < 4.78 is 63.8. The summed E-state index contributed by atoms with van der Waals surface area (Å²) in [5.41, 5.74) is 1.71. The summed E-state index contributed by atoms with van der Waals surface area (Å²) in [4.78, 5) is 27.6. The van der Waals surface area contributed by atoms with Crippen molar-refractivity contribution in [3.63, 3.8) is 0 Å². The number of hydrogen-bond acceptors (Lipinski definition) is 6. The summed E-state index contributed by atoms with van der Waals surface area (Å²) in [6.45, 7) is 4.01. The van der Waals surface area contributed by atoms with E-state index in [2.05, 4.69) is 9.57 Å². The molecule has 0 aliphatic rings. The van der Waals surface area contributed by atoms with Crippen LogP contribution < -0.4 is 4.89 Å². The second kappa shape index (κ2) is 7.83. The number of benzene rings is 1. The Hall–Kier alpha value is -2.14. The van der Waals surface area contributed by atoms with Gasteiger partial charge in [-0.1, -0.05) is 17.7 Å². The largest absolute Gasteiger partial charge is 0.490 e. The summed E-state index contributed by atoms with van der Waals surface area (Å²) in [6, 6.07) is 3.25. The van der Waals surface area contributed by atoms with Crippen LogP contribution >= 0.6 is 0 Å². The molecule has 1 aromatic carbocycles. The Labute approximate surface area is 142 Å². The van der Waals surface area contributed by atoms with Crippen molar-refractivity contribution in [2.75, 3.05) is 6.61 Å². The highest BCUT2D eigenvalue weighted by molar-refractivity contribution is 7.89. The van der Waals surface area contributed by atoms with Crippen LogP contribution in [0.5, 0.6) is 0 Å². The van der Waals surface area contributed by atoms with E-state index in [0.717, 1.165) is 5.56 Å². The van der Waals surface area contributed by atoms with Crippen LogP contribution in [0.2, 0.25) is 0 Å². The van der Waals surface area contributed by atoms with E-state index in [4.69, 9.17) is 0 Å². The molecule has 0 heterocycles. The van der Waals surface area contributed by atoms with Crippen LogP contribution in [-0.2, 0) is 29.2 Å². The van der Waals surface area contributed by atoms with Crippen molar-refractivity contribution in [1.29, 1.82) is 0 Å². The Kier molecular flexibility index (Phi) is 6.54. The number of carbonyl (C=O) groups excluding carboxylic acids is 2. The Bertz CT molecular complexity index is 750. The Morgan fingerprint density at radius 2 is 1.64 bits per heavy atom. The monoisotopic (exact) mass is 383 g/mol. The zero-order valence-electron chi connectivity index (χ0n) is 13.6. The number of rotatable bonds is 6. The van der Waals surface area contributed by atoms with Gasteiger partial charge in [-0.3, -0.25) is 4.79 Å². The van der Waals surface area contributed by atoms with Gasteiger partial charge in [0, 0.05) is 0 Å². The maximum Gasteiger partial charge on any atom is 0.490 e. The van der Waals surface area contributed by atoms with Gasteiger partial charge in [-0.05, 0) is 36.8 Å². The van der Waals surface area contributed by atoms with Crippen LogP contribution in [0, 0.1) is 20.8 Å². The lowest BCUT2D eigenvalue weighted by molar-refractivity contribution is -0.200. The first-order chi connectivity index (χ1) is 11.3. The number of esters is 1. The predicted molar refractivity (Wildman–Crippen MR) is 78.7 cm³/mol. The molecule has 0 atom stereocenters. The highest BCUT2D eigenvalue weighted by Gasteiger charge is 2.40. The zero-order chi connectivity index (χ0) is 19.4. The van der Waals surface area contributed by atoms with Gasteiger partial charge < -0.3 is 9.57 Å². The van der Waals surface area contributed by atoms with E-state index in [0.29, 0.717) is 11.1 Å². The minimum atomic E-state index is -5.17. The summed E-state index contributed by atoms with van der Waals surface area (Å²) in [6.07, 6.45) is -5.93. The molecule has 1 aromatic rings. The normalized spacial score (nSPS) is 11.9. The first-order valence-electron chi connectivity index (χ1n) is 6.88. The topological polar surface area (TPSA) is 98.8 Å². The third-order valence-corrected chi connectivity index (χ3v) is 4.39. The molecule has 0 spiro atoms. The number of nitrogens with one attached hydrogen (secondary N) is 1. The lowest BCUT2D eigenvalue weighted by Crippen LogP contribution is -2.30. The van der Waals surface area contributed by atoms with Crippen LogP contribution in [0.1, 0.15) is 23.1 Å². The quantitative estimate of drug-likeness (QED) is 0.595. The molecule has 0 unspecified atom stereocenters. The number of aryl methyl sites for hydroxylation is 3. The van der Waals surface area contributed by atoms with E-state index in [-0.39, 0.29) is 4.90 Å². The minimum absolute atomic E-state index is 0.0746. The first kappa shape index (κ1) is 20.9. The first-order valence-corrected chi connectivity index (χ1v) is 8.36. The standard InChI is InChI=1S/C14H16F3NO6S/c1-8-6-9(2)12(10(3)7-8)25(21,22)18-24-11(19)4-5-23-13(20)14(15,16)17/h6-7,18H,4-5H2,1-3H3. The second-order valence-corrected chi connectivity index (χ2v) is 6.75. The maximum atomic E-state index is 12.2. The molecule has 0 fully saturated rings. The molecular weight excluding hydrogens is 367 g/mol. The third kappa shape index (κ3) is 6.02. The van der Waals surface area contributed by atoms with Crippen molar-refractivity contribution >= 4 is 22.0 Å². The molecule has 0 bridgehead atoms. The van der Waals surface area contributed by atoms with Crippen LogP contribution in [-0.4, -0.2) is 33.1 Å². The number of ether oxygens (including phenoxy) is 1. The van der Waals surface area contributed by atoms with Crippen molar-refractivity contribution < 1.29 is 40.8 Å². The molecule has 11 heteroatoms. The van der Waals surface area contributed by atoms with Crippen molar-refractivity contribution in [3.8, 4) is 0 Å². The Morgan fingerprint density at radius 3 is 2.12 bits per heavy atom. The predicted octanol–water partition coefficient (Wildman–Crippen LogP) is 1.84. The molecule has 25 heavy (non-hydrogen) atoms. The van der Waals surface area contributed by atoms with E-state index in [9.17, 15) is 31.2 Å². The molecule has 1 N–H and O–H groups in total. The molecule has 1 rings (SSSR count). The van der Waals surface area contributed by atoms with Gasteiger partial charge in [0.05, 0.1) is 11.3 Å². The molecule has 0 aromatic heterocycles. The fourth-order valence-electron chi connectivity index (χ4n) is 2.09. The highest BCUT2D eigenvalue weighted by Crippen LogP contribution is 2.21. The number of sulfonamides is 1. The lowest BCUT2D eigenvalue weighted by Gasteiger charge is -2.13. The SMILES string of the molecule is Cc1cc(C)c(S(=O)(=O)NOC(=O)CCOC(=O)C(F)(F)F)c(C)c1. The van der Waals surface area contributed by atoms with Gasteiger partial charge in [0.2, 0.25) is 0 Å². The van der Waals surface area contributed by atoms with Crippen LogP contribution in [0.4, 0.5) is 13.2 Å². The number of halogens is 3. The van der Waals surface area contributed by atoms with E-state index >= 15 is 0 Å². The second-order valence-electron chi connectivity index (χ2n) is 5.17. The average Bonchev–Trinajstić information content (AvgIpc) is 2.42. The third-order valence-electron chi connectivity index (χ3n) is 2.91. The Morgan fingerprint density at radius 1 is 1.12 bits per heavy atom. The average molecular weight is 383 g/mol. The van der Waals surface area contributed by atoms with Gasteiger partial charge >= 0.3 is 18.1 Å². The lowest BCUT2D eigenvalue weighted by atomic mass is 10.1. The van der Waals surface area contributed by atoms with Crippen LogP contribution in [0.3, 0.4) is 0 Å². The van der Waals surface area contributed by atoms with Crippen molar-refractivity contribution in [3.05, 3.63) is 28.8 Å². The molecule has 0 aliphatic heterocycles. The van der Waals surface area contributed by atoms with Gasteiger partial charge in [-0.25, -0.2) is 13.2 Å². The summed E-state index contributed by atoms with van der Waals surface area (Å²) in [7, 11) is -4.18. The maximum absolute atomic E-state index is 12.2. The number of hydrogen-bond donors (Lipinski definition) is 1.